The van der Waals surface area contributed by atoms with Gasteiger partial charge < -0.3 is 14.8 Å². The molecular weight excluding hydrogens is 238 g/mol. The molecule has 2 rings (SSSR count). The van der Waals surface area contributed by atoms with Crippen molar-refractivity contribution in [1.29, 1.82) is 0 Å². The molecule has 3 heteroatoms. The van der Waals surface area contributed by atoms with Gasteiger partial charge in [0.2, 0.25) is 0 Å². The van der Waals surface area contributed by atoms with Gasteiger partial charge in [-0.1, -0.05) is 0 Å². The molecule has 3 nitrogen and oxygen atoms in total. The van der Waals surface area contributed by atoms with Crippen molar-refractivity contribution in [1.82, 2.24) is 0 Å². The lowest BCUT2D eigenvalue weighted by molar-refractivity contribution is 0.144. The topological polar surface area (TPSA) is 30.5 Å². The van der Waals surface area contributed by atoms with Crippen molar-refractivity contribution in [2.75, 3.05) is 18.5 Å². The number of rotatable bonds is 4. The number of nitrogens with one attached hydrogen (secondary N) is 1. The predicted octanol–water partition coefficient (Wildman–Crippen LogP) is 3.76. The van der Waals surface area contributed by atoms with Crippen molar-refractivity contribution in [2.24, 2.45) is 0 Å². The summed E-state index contributed by atoms with van der Waals surface area (Å²) < 4.78 is 11.2. The van der Waals surface area contributed by atoms with Gasteiger partial charge in [-0.2, -0.15) is 0 Å². The highest BCUT2D eigenvalue weighted by molar-refractivity contribution is 5.54. The third-order valence-corrected chi connectivity index (χ3v) is 3.38. The summed E-state index contributed by atoms with van der Waals surface area (Å²) in [6.45, 7) is 7.99. The van der Waals surface area contributed by atoms with E-state index in [0.29, 0.717) is 6.04 Å². The van der Waals surface area contributed by atoms with Gasteiger partial charge in [-0.25, -0.2) is 0 Å². The van der Waals surface area contributed by atoms with Crippen LogP contribution in [0.25, 0.3) is 0 Å². The van der Waals surface area contributed by atoms with Crippen LogP contribution in [0.3, 0.4) is 0 Å². The van der Waals surface area contributed by atoms with Gasteiger partial charge in [0.25, 0.3) is 0 Å². The molecule has 0 aromatic heterocycles. The molecule has 1 unspecified atom stereocenters. The third kappa shape index (κ3) is 4.43. The van der Waals surface area contributed by atoms with E-state index in [9.17, 15) is 0 Å². The molecule has 19 heavy (non-hydrogen) atoms. The Kier molecular flexibility index (Phi) is 5.08. The van der Waals surface area contributed by atoms with Gasteiger partial charge in [0.1, 0.15) is 5.75 Å². The fourth-order valence-corrected chi connectivity index (χ4v) is 2.41. The Labute approximate surface area is 116 Å². The van der Waals surface area contributed by atoms with Gasteiger partial charge in [0.15, 0.2) is 0 Å². The SMILES string of the molecule is Cc1cc(OC(C)C)ccc1NC1CCCOCC1. The largest absolute Gasteiger partial charge is 0.491 e. The lowest BCUT2D eigenvalue weighted by Gasteiger charge is -2.19. The molecule has 1 aromatic carbocycles. The van der Waals surface area contributed by atoms with Crippen LogP contribution in [0.1, 0.15) is 38.7 Å². The molecule has 0 amide bonds. The maximum absolute atomic E-state index is 5.71. The van der Waals surface area contributed by atoms with Crippen molar-refractivity contribution in [3.63, 3.8) is 0 Å². The molecule has 0 bridgehead atoms. The van der Waals surface area contributed by atoms with Crippen LogP contribution in [-0.2, 0) is 4.74 Å². The van der Waals surface area contributed by atoms with Gasteiger partial charge in [0.05, 0.1) is 6.10 Å². The van der Waals surface area contributed by atoms with Crippen molar-refractivity contribution >= 4 is 5.69 Å². The minimum absolute atomic E-state index is 0.220. The van der Waals surface area contributed by atoms with Gasteiger partial charge in [-0.3, -0.25) is 0 Å². The summed E-state index contributed by atoms with van der Waals surface area (Å²) in [5, 5.41) is 3.63. The highest BCUT2D eigenvalue weighted by atomic mass is 16.5. The Bertz CT molecular complexity index is 396. The van der Waals surface area contributed by atoms with E-state index in [1.165, 1.54) is 17.7 Å². The average Bonchev–Trinajstić information content (AvgIpc) is 2.60. The summed E-state index contributed by atoms with van der Waals surface area (Å²) >= 11 is 0. The van der Waals surface area contributed by atoms with E-state index in [4.69, 9.17) is 9.47 Å². The molecule has 0 saturated carbocycles. The van der Waals surface area contributed by atoms with Crippen molar-refractivity contribution in [3.05, 3.63) is 23.8 Å². The monoisotopic (exact) mass is 263 g/mol. The first kappa shape index (κ1) is 14.2. The van der Waals surface area contributed by atoms with Crippen LogP contribution < -0.4 is 10.1 Å². The van der Waals surface area contributed by atoms with Crippen LogP contribution in [0, 0.1) is 6.92 Å². The fraction of sp³-hybridized carbons (Fsp3) is 0.625. The molecule has 0 radical (unpaired) electrons. The van der Waals surface area contributed by atoms with E-state index in [1.54, 1.807) is 0 Å². The van der Waals surface area contributed by atoms with Crippen LogP contribution in [0.4, 0.5) is 5.69 Å². The second kappa shape index (κ2) is 6.80. The van der Waals surface area contributed by atoms with Crippen LogP contribution in [0.2, 0.25) is 0 Å². The smallest absolute Gasteiger partial charge is 0.120 e. The van der Waals surface area contributed by atoms with Crippen LogP contribution in [0.5, 0.6) is 5.75 Å². The summed E-state index contributed by atoms with van der Waals surface area (Å²) in [6.07, 6.45) is 3.63. The Morgan fingerprint density at radius 2 is 2.11 bits per heavy atom. The van der Waals surface area contributed by atoms with Gasteiger partial charge in [0, 0.05) is 24.9 Å². The van der Waals surface area contributed by atoms with Crippen molar-refractivity contribution < 1.29 is 9.47 Å². The molecule has 1 heterocycles. The Morgan fingerprint density at radius 3 is 2.84 bits per heavy atom. The molecule has 1 aliphatic rings. The number of ether oxygens (including phenoxy) is 2. The molecule has 1 atom stereocenters. The quantitative estimate of drug-likeness (QED) is 0.897. The zero-order valence-electron chi connectivity index (χ0n) is 12.2. The zero-order chi connectivity index (χ0) is 13.7. The molecule has 1 N–H and O–H groups in total. The number of aryl methyl sites for hydroxylation is 1. The normalized spacial score (nSPS) is 20.1. The summed E-state index contributed by atoms with van der Waals surface area (Å²) in [5.74, 6) is 0.947. The number of benzene rings is 1. The van der Waals surface area contributed by atoms with E-state index in [-0.39, 0.29) is 6.10 Å². The fourth-order valence-electron chi connectivity index (χ4n) is 2.41. The Balaban J connectivity index is 1.99. The third-order valence-electron chi connectivity index (χ3n) is 3.38. The molecule has 1 saturated heterocycles. The molecule has 1 aliphatic heterocycles. The highest BCUT2D eigenvalue weighted by Crippen LogP contribution is 2.24. The minimum Gasteiger partial charge on any atom is -0.491 e. The molecule has 0 spiro atoms. The molecule has 0 aliphatic carbocycles. The van der Waals surface area contributed by atoms with Crippen LogP contribution in [-0.4, -0.2) is 25.4 Å². The van der Waals surface area contributed by atoms with E-state index in [0.717, 1.165) is 31.8 Å². The first-order valence-corrected chi connectivity index (χ1v) is 7.27. The van der Waals surface area contributed by atoms with Gasteiger partial charge in [-0.15, -0.1) is 0 Å². The van der Waals surface area contributed by atoms with E-state index < -0.39 is 0 Å². The van der Waals surface area contributed by atoms with E-state index in [2.05, 4.69) is 24.4 Å². The number of hydrogen-bond donors (Lipinski definition) is 1. The second-order valence-electron chi connectivity index (χ2n) is 5.53. The molecule has 106 valence electrons. The maximum atomic E-state index is 5.71. The minimum atomic E-state index is 0.220. The first-order valence-electron chi connectivity index (χ1n) is 7.27. The van der Waals surface area contributed by atoms with Gasteiger partial charge in [-0.05, 0) is 63.8 Å². The van der Waals surface area contributed by atoms with Crippen molar-refractivity contribution in [3.8, 4) is 5.75 Å². The average molecular weight is 263 g/mol. The Hall–Kier alpha value is -1.22. The molecule has 1 fully saturated rings. The summed E-state index contributed by atoms with van der Waals surface area (Å²) in [6, 6.07) is 6.80. The Morgan fingerprint density at radius 1 is 1.26 bits per heavy atom. The van der Waals surface area contributed by atoms with Gasteiger partial charge >= 0.3 is 0 Å². The second-order valence-corrected chi connectivity index (χ2v) is 5.53. The molecule has 1 aromatic rings. The number of hydrogen-bond acceptors (Lipinski definition) is 3. The standard InChI is InChI=1S/C16H25NO2/c1-12(2)19-15-6-7-16(13(3)11-15)17-14-5-4-9-18-10-8-14/h6-7,11-12,14,17H,4-5,8-10H2,1-3H3. The molecular formula is C16H25NO2. The highest BCUT2D eigenvalue weighted by Gasteiger charge is 2.13. The summed E-state index contributed by atoms with van der Waals surface area (Å²) in [4.78, 5) is 0. The van der Waals surface area contributed by atoms with Crippen molar-refractivity contribution in [2.45, 2.75) is 52.2 Å². The van der Waals surface area contributed by atoms with E-state index in [1.807, 2.05) is 19.9 Å². The summed E-state index contributed by atoms with van der Waals surface area (Å²) in [7, 11) is 0. The predicted molar refractivity (Wildman–Crippen MR) is 79.0 cm³/mol. The zero-order valence-corrected chi connectivity index (χ0v) is 12.2. The maximum Gasteiger partial charge on any atom is 0.120 e. The first-order chi connectivity index (χ1) is 9.15. The van der Waals surface area contributed by atoms with Crippen LogP contribution in [0.15, 0.2) is 18.2 Å². The lowest BCUT2D eigenvalue weighted by atomic mass is 10.1. The number of anilines is 1. The van der Waals surface area contributed by atoms with Crippen LogP contribution >= 0.6 is 0 Å². The summed E-state index contributed by atoms with van der Waals surface area (Å²) in [5.41, 5.74) is 2.45. The lowest BCUT2D eigenvalue weighted by Crippen LogP contribution is -2.20. The van der Waals surface area contributed by atoms with E-state index >= 15 is 0 Å².